The second-order valence-electron chi connectivity index (χ2n) is 7.88. The van der Waals surface area contributed by atoms with E-state index in [9.17, 15) is 0 Å². The molecule has 2 unspecified atom stereocenters. The Bertz CT molecular complexity index is 472. The Morgan fingerprint density at radius 1 is 1.15 bits per heavy atom. The van der Waals surface area contributed by atoms with Crippen molar-refractivity contribution >= 4 is 0 Å². The lowest BCUT2D eigenvalue weighted by atomic mass is 9.76. The summed E-state index contributed by atoms with van der Waals surface area (Å²) in [5.74, 6) is 2.80. The molecule has 2 aliphatic carbocycles. The first-order chi connectivity index (χ1) is 9.38. The molecule has 4 heteroatoms. The van der Waals surface area contributed by atoms with Crippen LogP contribution in [0.15, 0.2) is 4.52 Å². The van der Waals surface area contributed by atoms with Crippen LogP contribution in [0.2, 0.25) is 0 Å². The summed E-state index contributed by atoms with van der Waals surface area (Å²) >= 11 is 0. The fourth-order valence-corrected chi connectivity index (χ4v) is 3.39. The van der Waals surface area contributed by atoms with Gasteiger partial charge in [0.2, 0.25) is 5.89 Å². The first-order valence-electron chi connectivity index (χ1n) is 8.01. The predicted molar refractivity (Wildman–Crippen MR) is 78.2 cm³/mol. The third-order valence-electron chi connectivity index (χ3n) is 5.15. The summed E-state index contributed by atoms with van der Waals surface area (Å²) in [6, 6.07) is 0. The molecule has 0 amide bonds. The van der Waals surface area contributed by atoms with E-state index in [-0.39, 0.29) is 5.54 Å². The molecule has 0 aliphatic heterocycles. The van der Waals surface area contributed by atoms with Crippen molar-refractivity contribution in [2.24, 2.45) is 17.1 Å². The summed E-state index contributed by atoms with van der Waals surface area (Å²) in [7, 11) is 0. The Morgan fingerprint density at radius 2 is 1.90 bits per heavy atom. The zero-order valence-corrected chi connectivity index (χ0v) is 13.0. The van der Waals surface area contributed by atoms with E-state index in [2.05, 4.69) is 30.9 Å². The molecule has 2 atom stereocenters. The number of hydrogen-bond acceptors (Lipinski definition) is 4. The molecule has 2 fully saturated rings. The molecular weight excluding hydrogens is 250 g/mol. The van der Waals surface area contributed by atoms with Gasteiger partial charge in [-0.25, -0.2) is 0 Å². The second-order valence-corrected chi connectivity index (χ2v) is 7.88. The SMILES string of the molecule is CC(C)(C)C1CCCC(N)(c2noc(C3CC3)n2)CC1. The van der Waals surface area contributed by atoms with Crippen LogP contribution < -0.4 is 5.73 Å². The molecule has 2 aliphatic rings. The molecule has 4 nitrogen and oxygen atoms in total. The highest BCUT2D eigenvalue weighted by atomic mass is 16.5. The highest BCUT2D eigenvalue weighted by molar-refractivity contribution is 5.09. The lowest BCUT2D eigenvalue weighted by Crippen LogP contribution is -2.37. The van der Waals surface area contributed by atoms with Crippen molar-refractivity contribution < 1.29 is 4.52 Å². The van der Waals surface area contributed by atoms with Crippen LogP contribution in [-0.4, -0.2) is 10.1 Å². The van der Waals surface area contributed by atoms with E-state index < -0.39 is 0 Å². The fraction of sp³-hybridized carbons (Fsp3) is 0.875. The fourth-order valence-electron chi connectivity index (χ4n) is 3.39. The molecule has 1 aromatic rings. The van der Waals surface area contributed by atoms with Gasteiger partial charge in [0.25, 0.3) is 0 Å². The predicted octanol–water partition coefficient (Wildman–Crippen LogP) is 3.73. The van der Waals surface area contributed by atoms with Crippen LogP contribution >= 0.6 is 0 Å². The summed E-state index contributed by atoms with van der Waals surface area (Å²) in [6.07, 6.45) is 7.90. The van der Waals surface area contributed by atoms with E-state index in [1.54, 1.807) is 0 Å². The Labute approximate surface area is 121 Å². The Morgan fingerprint density at radius 3 is 2.55 bits per heavy atom. The van der Waals surface area contributed by atoms with Gasteiger partial charge in [0.1, 0.15) is 0 Å². The molecule has 0 radical (unpaired) electrons. The van der Waals surface area contributed by atoms with Gasteiger partial charge in [-0.3, -0.25) is 0 Å². The minimum atomic E-state index is -0.378. The van der Waals surface area contributed by atoms with E-state index in [0.29, 0.717) is 11.3 Å². The second kappa shape index (κ2) is 4.83. The quantitative estimate of drug-likeness (QED) is 0.837. The van der Waals surface area contributed by atoms with Gasteiger partial charge in [0, 0.05) is 5.92 Å². The van der Waals surface area contributed by atoms with Crippen molar-refractivity contribution in [3.05, 3.63) is 11.7 Å². The molecule has 3 rings (SSSR count). The smallest absolute Gasteiger partial charge is 0.229 e. The maximum atomic E-state index is 6.63. The average molecular weight is 277 g/mol. The highest BCUT2D eigenvalue weighted by Crippen LogP contribution is 2.43. The lowest BCUT2D eigenvalue weighted by molar-refractivity contribution is 0.209. The largest absolute Gasteiger partial charge is 0.339 e. The van der Waals surface area contributed by atoms with E-state index in [1.807, 2.05) is 0 Å². The van der Waals surface area contributed by atoms with Crippen LogP contribution in [-0.2, 0) is 5.54 Å². The summed E-state index contributed by atoms with van der Waals surface area (Å²) in [4.78, 5) is 4.59. The van der Waals surface area contributed by atoms with E-state index in [4.69, 9.17) is 10.3 Å². The Hall–Kier alpha value is -0.900. The van der Waals surface area contributed by atoms with Gasteiger partial charge in [-0.1, -0.05) is 32.3 Å². The zero-order valence-electron chi connectivity index (χ0n) is 13.0. The molecule has 1 aromatic heterocycles. The number of nitrogens with zero attached hydrogens (tertiary/aromatic N) is 2. The molecule has 112 valence electrons. The van der Waals surface area contributed by atoms with Gasteiger partial charge in [-0.2, -0.15) is 4.98 Å². The van der Waals surface area contributed by atoms with Crippen molar-refractivity contribution in [2.75, 3.05) is 0 Å². The van der Waals surface area contributed by atoms with Gasteiger partial charge in [-0.05, 0) is 49.9 Å². The van der Waals surface area contributed by atoms with Gasteiger partial charge >= 0.3 is 0 Å². The summed E-state index contributed by atoms with van der Waals surface area (Å²) < 4.78 is 5.40. The number of aromatic nitrogens is 2. The highest BCUT2D eigenvalue weighted by Gasteiger charge is 2.39. The van der Waals surface area contributed by atoms with Gasteiger partial charge < -0.3 is 10.3 Å². The monoisotopic (exact) mass is 277 g/mol. The number of rotatable bonds is 2. The minimum Gasteiger partial charge on any atom is -0.339 e. The molecule has 2 saturated carbocycles. The molecule has 0 spiro atoms. The molecule has 2 N–H and O–H groups in total. The summed E-state index contributed by atoms with van der Waals surface area (Å²) in [5.41, 5.74) is 6.62. The van der Waals surface area contributed by atoms with E-state index >= 15 is 0 Å². The van der Waals surface area contributed by atoms with E-state index in [0.717, 1.165) is 43.3 Å². The normalized spacial score (nSPS) is 32.1. The van der Waals surface area contributed by atoms with Crippen molar-refractivity contribution in [3.63, 3.8) is 0 Å². The standard InChI is InChI=1S/C16H27N3O/c1-15(2,3)12-5-4-9-16(17,10-8-12)14-18-13(20-19-14)11-6-7-11/h11-12H,4-10,17H2,1-3H3. The van der Waals surface area contributed by atoms with Crippen LogP contribution in [0.3, 0.4) is 0 Å². The molecule has 20 heavy (non-hydrogen) atoms. The number of hydrogen-bond donors (Lipinski definition) is 1. The third kappa shape index (κ3) is 2.76. The maximum Gasteiger partial charge on any atom is 0.229 e. The van der Waals surface area contributed by atoms with Gasteiger partial charge in [-0.15, -0.1) is 0 Å². The van der Waals surface area contributed by atoms with Crippen LogP contribution in [0.4, 0.5) is 0 Å². The van der Waals surface area contributed by atoms with Crippen molar-refractivity contribution in [1.82, 2.24) is 10.1 Å². The van der Waals surface area contributed by atoms with Crippen LogP contribution in [0.5, 0.6) is 0 Å². The molecule has 0 aromatic carbocycles. The first kappa shape index (κ1) is 14.1. The van der Waals surface area contributed by atoms with Crippen LogP contribution in [0, 0.1) is 11.3 Å². The first-order valence-corrected chi connectivity index (χ1v) is 8.01. The van der Waals surface area contributed by atoms with E-state index in [1.165, 1.54) is 19.3 Å². The summed E-state index contributed by atoms with van der Waals surface area (Å²) in [5, 5.41) is 4.19. The molecular formula is C16H27N3O. The molecule has 0 bridgehead atoms. The lowest BCUT2D eigenvalue weighted by Gasteiger charge is -2.30. The Kier molecular flexibility index (Phi) is 3.39. The topological polar surface area (TPSA) is 64.9 Å². The maximum absolute atomic E-state index is 6.63. The average Bonchev–Trinajstić information content (AvgIpc) is 3.13. The minimum absolute atomic E-state index is 0.363. The van der Waals surface area contributed by atoms with Gasteiger partial charge in [0.05, 0.1) is 5.54 Å². The van der Waals surface area contributed by atoms with Gasteiger partial charge in [0.15, 0.2) is 5.82 Å². The third-order valence-corrected chi connectivity index (χ3v) is 5.15. The summed E-state index contributed by atoms with van der Waals surface area (Å²) in [6.45, 7) is 7.00. The van der Waals surface area contributed by atoms with Crippen molar-refractivity contribution in [2.45, 2.75) is 77.2 Å². The molecule has 1 heterocycles. The Balaban J connectivity index is 1.74. The molecule has 0 saturated heterocycles. The van der Waals surface area contributed by atoms with Crippen molar-refractivity contribution in [3.8, 4) is 0 Å². The van der Waals surface area contributed by atoms with Crippen LogP contribution in [0.25, 0.3) is 0 Å². The van der Waals surface area contributed by atoms with Crippen molar-refractivity contribution in [1.29, 1.82) is 0 Å². The van der Waals surface area contributed by atoms with Crippen LogP contribution in [0.1, 0.15) is 83.3 Å². The number of nitrogens with two attached hydrogens (primary N) is 1. The zero-order chi connectivity index (χ0) is 14.4.